The fourth-order valence-electron chi connectivity index (χ4n) is 3.12. The van der Waals surface area contributed by atoms with E-state index >= 15 is 0 Å². The van der Waals surface area contributed by atoms with E-state index in [1.807, 2.05) is 45.2 Å². The average Bonchev–Trinajstić information content (AvgIpc) is 2.55. The van der Waals surface area contributed by atoms with E-state index < -0.39 is 12.1 Å². The Labute approximate surface area is 183 Å². The van der Waals surface area contributed by atoms with Crippen LogP contribution in [0.4, 0.5) is 4.39 Å². The Morgan fingerprint density at radius 3 is 2.52 bits per heavy atom. The van der Waals surface area contributed by atoms with Gasteiger partial charge in [-0.25, -0.2) is 9.18 Å². The molecule has 9 heteroatoms. The first kappa shape index (κ1) is 23.4. The SMILES string of the molecule is O=C(O)c1cc(I)cc(I)c1O.OC1CCC(F)C2CCC[N-]C12.[Cu+]. The molecule has 0 spiro atoms. The minimum Gasteiger partial charge on any atom is -0.657 e. The van der Waals surface area contributed by atoms with Crippen molar-refractivity contribution in [2.24, 2.45) is 5.92 Å². The van der Waals surface area contributed by atoms with Crippen LogP contribution in [0.5, 0.6) is 5.75 Å². The number of benzene rings is 1. The van der Waals surface area contributed by atoms with Crippen LogP contribution in [-0.2, 0) is 17.1 Å². The van der Waals surface area contributed by atoms with Gasteiger partial charge in [-0.15, -0.1) is 12.6 Å². The van der Waals surface area contributed by atoms with Gasteiger partial charge in [-0.05, 0) is 76.1 Å². The maximum atomic E-state index is 13.3. The molecule has 1 aliphatic carbocycles. The summed E-state index contributed by atoms with van der Waals surface area (Å²) in [5, 5.41) is 31.8. The first-order valence-corrected chi connectivity index (χ1v) is 9.87. The number of nitrogens with zero attached hydrogens (tertiary/aromatic N) is 1. The number of carboxylic acids is 1. The van der Waals surface area contributed by atoms with E-state index in [4.69, 9.17) is 5.11 Å². The number of hydrogen-bond donors (Lipinski definition) is 3. The molecule has 1 aromatic carbocycles. The molecule has 3 N–H and O–H groups in total. The van der Waals surface area contributed by atoms with E-state index in [9.17, 15) is 19.4 Å². The van der Waals surface area contributed by atoms with Crippen molar-refractivity contribution >= 4 is 51.2 Å². The van der Waals surface area contributed by atoms with Gasteiger partial charge in [0.1, 0.15) is 17.5 Å². The molecule has 25 heavy (non-hydrogen) atoms. The molecule has 0 bridgehead atoms. The largest absolute Gasteiger partial charge is 1.00 e. The molecule has 1 saturated carbocycles. The van der Waals surface area contributed by atoms with E-state index in [1.54, 1.807) is 6.07 Å². The van der Waals surface area contributed by atoms with Crippen LogP contribution in [0.2, 0.25) is 0 Å². The number of carbonyl (C=O) groups is 1. The minimum absolute atomic E-state index is 0. The zero-order valence-electron chi connectivity index (χ0n) is 13.1. The van der Waals surface area contributed by atoms with Crippen LogP contribution < -0.4 is 0 Å². The molecule has 0 amide bonds. The molecule has 1 aliphatic heterocycles. The first-order chi connectivity index (χ1) is 11.3. The molecule has 1 saturated heterocycles. The standard InChI is InChI=1S/C9H15FNO.C7H4I2O3.Cu/c10-7-3-4-8(12)9-6(7)2-1-5-11-9;8-3-1-4(7(11)12)6(10)5(9)2-3;/h6-9,12H,1-5H2;1-2,10H,(H,11,12);/q-1;;+1. The van der Waals surface area contributed by atoms with Gasteiger partial charge < -0.3 is 20.6 Å². The van der Waals surface area contributed by atoms with Gasteiger partial charge in [-0.1, -0.05) is 12.8 Å². The monoisotopic (exact) mass is 625 g/mol. The van der Waals surface area contributed by atoms with Crippen LogP contribution in [0.15, 0.2) is 12.1 Å². The summed E-state index contributed by atoms with van der Waals surface area (Å²) in [5.41, 5.74) is -0.0497. The minimum atomic E-state index is -1.11. The number of alkyl halides is 1. The molecule has 2 aliphatic rings. The number of fused-ring (bicyclic) bond motifs is 1. The number of halogens is 3. The molecule has 3 rings (SSSR count). The predicted molar refractivity (Wildman–Crippen MR) is 105 cm³/mol. The molecule has 4 unspecified atom stereocenters. The zero-order chi connectivity index (χ0) is 17.9. The molecule has 4 atom stereocenters. The topological polar surface area (TPSA) is 91.9 Å². The van der Waals surface area contributed by atoms with Crippen LogP contribution >= 0.6 is 45.2 Å². The van der Waals surface area contributed by atoms with Crippen LogP contribution in [0, 0.1) is 13.1 Å². The van der Waals surface area contributed by atoms with E-state index in [0.717, 1.165) is 23.0 Å². The Kier molecular flexibility index (Phi) is 9.91. The van der Waals surface area contributed by atoms with Crippen molar-refractivity contribution in [3.63, 3.8) is 0 Å². The summed E-state index contributed by atoms with van der Waals surface area (Å²) >= 11 is 3.89. The van der Waals surface area contributed by atoms with Gasteiger partial charge in [0, 0.05) is 9.67 Å². The fourth-order valence-corrected chi connectivity index (χ4v) is 4.96. The van der Waals surface area contributed by atoms with Gasteiger partial charge in [0.05, 0.1) is 3.57 Å². The van der Waals surface area contributed by atoms with Gasteiger partial charge in [-0.2, -0.15) is 0 Å². The number of carboxylic acid groups (broad SMARTS) is 1. The van der Waals surface area contributed by atoms with E-state index in [-0.39, 0.29) is 46.4 Å². The zero-order valence-corrected chi connectivity index (χ0v) is 18.4. The maximum absolute atomic E-state index is 13.3. The molecule has 144 valence electrons. The summed E-state index contributed by atoms with van der Waals surface area (Å²) in [6.07, 6.45) is 1.93. The fraction of sp³-hybridized carbons (Fsp3) is 0.562. The van der Waals surface area contributed by atoms with Crippen LogP contribution in [0.1, 0.15) is 36.0 Å². The van der Waals surface area contributed by atoms with Gasteiger partial charge in [0.25, 0.3) is 0 Å². The Hall–Kier alpha value is 0.319. The van der Waals surface area contributed by atoms with Gasteiger partial charge in [-0.3, -0.25) is 0 Å². The third kappa shape index (κ3) is 6.17. The number of hydrogen-bond acceptors (Lipinski definition) is 3. The van der Waals surface area contributed by atoms with E-state index in [1.165, 1.54) is 6.07 Å². The number of rotatable bonds is 1. The van der Waals surface area contributed by atoms with Crippen LogP contribution in [0.3, 0.4) is 0 Å². The molecule has 5 nitrogen and oxygen atoms in total. The number of aliphatic hydroxyl groups is 1. The van der Waals surface area contributed by atoms with Crippen molar-refractivity contribution in [2.45, 2.75) is 44.0 Å². The Morgan fingerprint density at radius 1 is 1.24 bits per heavy atom. The molecule has 1 aromatic rings. The number of piperidine rings is 1. The summed E-state index contributed by atoms with van der Waals surface area (Å²) < 4.78 is 14.7. The molecular formula is C16H19CuFI2NO4. The number of aliphatic hydroxyl groups excluding tert-OH is 1. The number of aromatic carboxylic acids is 1. The van der Waals surface area contributed by atoms with Crippen molar-refractivity contribution < 1.29 is 41.6 Å². The predicted octanol–water partition coefficient (Wildman–Crippen LogP) is 3.93. The number of phenols is 1. The second kappa shape index (κ2) is 10.6. The van der Waals surface area contributed by atoms with Crippen molar-refractivity contribution in [2.75, 3.05) is 6.54 Å². The second-order valence-corrected chi connectivity index (χ2v) is 8.36. The van der Waals surface area contributed by atoms with Crippen molar-refractivity contribution in [1.29, 1.82) is 0 Å². The third-order valence-electron chi connectivity index (χ3n) is 4.33. The maximum Gasteiger partial charge on any atom is 1.00 e. The molecule has 0 radical (unpaired) electrons. The Morgan fingerprint density at radius 2 is 1.92 bits per heavy atom. The molecular weight excluding hydrogens is 607 g/mol. The quantitative estimate of drug-likeness (QED) is 0.326. The van der Waals surface area contributed by atoms with Gasteiger partial charge in [0.2, 0.25) is 0 Å². The van der Waals surface area contributed by atoms with E-state index in [0.29, 0.717) is 16.4 Å². The Bertz CT molecular complexity index is 590. The summed E-state index contributed by atoms with van der Waals surface area (Å²) in [4.78, 5) is 10.6. The normalized spacial score (nSPS) is 28.0. The average molecular weight is 626 g/mol. The van der Waals surface area contributed by atoms with Crippen molar-refractivity contribution in [1.82, 2.24) is 0 Å². The van der Waals surface area contributed by atoms with Gasteiger partial charge in [0.15, 0.2) is 0 Å². The molecule has 0 aromatic heterocycles. The number of aromatic hydroxyl groups is 1. The summed E-state index contributed by atoms with van der Waals surface area (Å²) in [6.45, 7) is 0.810. The summed E-state index contributed by atoms with van der Waals surface area (Å²) in [5.74, 6) is -1.25. The first-order valence-electron chi connectivity index (χ1n) is 7.71. The Balaban J connectivity index is 0.000000240. The second-order valence-electron chi connectivity index (χ2n) is 5.95. The summed E-state index contributed by atoms with van der Waals surface area (Å²) in [7, 11) is 0. The third-order valence-corrected chi connectivity index (χ3v) is 5.77. The van der Waals surface area contributed by atoms with Gasteiger partial charge >= 0.3 is 23.0 Å². The smallest absolute Gasteiger partial charge is 0.657 e. The molecule has 2 fully saturated rings. The van der Waals surface area contributed by atoms with Crippen LogP contribution in [0.25, 0.3) is 5.32 Å². The molecule has 1 heterocycles. The van der Waals surface area contributed by atoms with Crippen molar-refractivity contribution in [3.05, 3.63) is 30.2 Å². The van der Waals surface area contributed by atoms with E-state index in [2.05, 4.69) is 5.32 Å². The van der Waals surface area contributed by atoms with Crippen molar-refractivity contribution in [3.8, 4) is 5.75 Å². The van der Waals surface area contributed by atoms with Crippen LogP contribution in [-0.4, -0.2) is 46.2 Å². The summed E-state index contributed by atoms with van der Waals surface area (Å²) in [6, 6.07) is 3.05.